The minimum atomic E-state index is -0.281. The lowest BCUT2D eigenvalue weighted by molar-refractivity contribution is 0.102. The van der Waals surface area contributed by atoms with Crippen molar-refractivity contribution in [1.82, 2.24) is 15.2 Å². The Morgan fingerprint density at radius 2 is 2.23 bits per heavy atom. The van der Waals surface area contributed by atoms with E-state index in [9.17, 15) is 4.79 Å². The number of aromatic nitrogens is 3. The lowest BCUT2D eigenvalue weighted by Gasteiger charge is -2.07. The average molecular weight is 345 g/mol. The zero-order chi connectivity index (χ0) is 18.5. The van der Waals surface area contributed by atoms with E-state index in [4.69, 9.17) is 0 Å². The van der Waals surface area contributed by atoms with Crippen molar-refractivity contribution in [2.45, 2.75) is 13.8 Å². The van der Waals surface area contributed by atoms with E-state index in [1.165, 1.54) is 0 Å². The van der Waals surface area contributed by atoms with Crippen molar-refractivity contribution in [3.05, 3.63) is 71.8 Å². The summed E-state index contributed by atoms with van der Waals surface area (Å²) in [5.74, 6) is -0.281. The van der Waals surface area contributed by atoms with Gasteiger partial charge in [0.15, 0.2) is 5.69 Å². The molecule has 0 saturated carbocycles. The number of carbonyl (C=O) groups is 1. The zero-order valence-corrected chi connectivity index (χ0v) is 14.7. The summed E-state index contributed by atoms with van der Waals surface area (Å²) in [6.07, 6.45) is 8.66. The third-order valence-electron chi connectivity index (χ3n) is 4.00. The Bertz CT molecular complexity index is 1020. The highest BCUT2D eigenvalue weighted by Crippen LogP contribution is 2.26. The molecule has 0 spiro atoms. The van der Waals surface area contributed by atoms with Crippen LogP contribution in [0.25, 0.3) is 16.5 Å². The zero-order valence-electron chi connectivity index (χ0n) is 14.7. The van der Waals surface area contributed by atoms with Gasteiger partial charge < -0.3 is 5.32 Å². The SMILES string of the molecule is C=N/C=C\C=C(/C)c1cc2c(C(=O)Nc3cccnc3)n[nH]c2cc1C. The van der Waals surface area contributed by atoms with Gasteiger partial charge in [-0.25, -0.2) is 0 Å². The first-order valence-electron chi connectivity index (χ1n) is 8.10. The number of fused-ring (bicyclic) bond motifs is 1. The third-order valence-corrected chi connectivity index (χ3v) is 4.00. The lowest BCUT2D eigenvalue weighted by Crippen LogP contribution is -2.12. The number of hydrogen-bond acceptors (Lipinski definition) is 4. The van der Waals surface area contributed by atoms with Crippen LogP contribution in [-0.2, 0) is 0 Å². The summed E-state index contributed by atoms with van der Waals surface area (Å²) < 4.78 is 0. The highest BCUT2D eigenvalue weighted by Gasteiger charge is 2.16. The summed E-state index contributed by atoms with van der Waals surface area (Å²) in [6.45, 7) is 7.46. The fraction of sp³-hybridized carbons (Fsp3) is 0.100. The van der Waals surface area contributed by atoms with Crippen LogP contribution in [0.2, 0.25) is 0 Å². The van der Waals surface area contributed by atoms with Crippen molar-refractivity contribution in [3.8, 4) is 0 Å². The molecule has 3 rings (SSSR count). The summed E-state index contributed by atoms with van der Waals surface area (Å²) in [5.41, 5.74) is 4.99. The fourth-order valence-corrected chi connectivity index (χ4v) is 2.74. The molecule has 0 saturated heterocycles. The van der Waals surface area contributed by atoms with E-state index in [0.29, 0.717) is 11.4 Å². The van der Waals surface area contributed by atoms with Crippen LogP contribution in [0.5, 0.6) is 0 Å². The molecule has 0 fully saturated rings. The van der Waals surface area contributed by atoms with E-state index >= 15 is 0 Å². The molecule has 2 N–H and O–H groups in total. The Hall–Kier alpha value is -3.54. The van der Waals surface area contributed by atoms with Gasteiger partial charge in [0, 0.05) is 17.8 Å². The number of nitrogens with one attached hydrogen (secondary N) is 2. The van der Waals surface area contributed by atoms with Crippen molar-refractivity contribution in [2.24, 2.45) is 4.99 Å². The first-order chi connectivity index (χ1) is 12.6. The molecule has 0 unspecified atom stereocenters. The van der Waals surface area contributed by atoms with Gasteiger partial charge in [0.1, 0.15) is 0 Å². The van der Waals surface area contributed by atoms with Crippen LogP contribution in [0.15, 0.2) is 60.0 Å². The maximum Gasteiger partial charge on any atom is 0.276 e. The molecule has 0 radical (unpaired) electrons. The summed E-state index contributed by atoms with van der Waals surface area (Å²) in [4.78, 5) is 20.3. The van der Waals surface area contributed by atoms with Gasteiger partial charge in [0.2, 0.25) is 0 Å². The number of H-pyrrole nitrogens is 1. The molecule has 6 nitrogen and oxygen atoms in total. The molecule has 0 aliphatic carbocycles. The van der Waals surface area contributed by atoms with Gasteiger partial charge in [0.25, 0.3) is 5.91 Å². The minimum Gasteiger partial charge on any atom is -0.319 e. The molecule has 0 atom stereocenters. The maximum absolute atomic E-state index is 12.6. The van der Waals surface area contributed by atoms with Crippen LogP contribution in [-0.4, -0.2) is 27.8 Å². The van der Waals surface area contributed by atoms with Crippen LogP contribution in [0, 0.1) is 6.92 Å². The number of benzene rings is 1. The molecular weight excluding hydrogens is 326 g/mol. The number of rotatable bonds is 5. The molecule has 3 aromatic rings. The molecule has 6 heteroatoms. The molecule has 2 heterocycles. The van der Waals surface area contributed by atoms with Gasteiger partial charge in [-0.05, 0) is 67.6 Å². The molecule has 1 aromatic carbocycles. The minimum absolute atomic E-state index is 0.281. The van der Waals surface area contributed by atoms with Crippen LogP contribution >= 0.6 is 0 Å². The number of allylic oxidation sites excluding steroid dienone is 3. The topological polar surface area (TPSA) is 83.0 Å². The fourth-order valence-electron chi connectivity index (χ4n) is 2.74. The largest absolute Gasteiger partial charge is 0.319 e. The van der Waals surface area contributed by atoms with Crippen molar-refractivity contribution >= 4 is 34.8 Å². The van der Waals surface area contributed by atoms with Gasteiger partial charge in [-0.2, -0.15) is 5.10 Å². The van der Waals surface area contributed by atoms with Crippen molar-refractivity contribution in [1.29, 1.82) is 0 Å². The third kappa shape index (κ3) is 3.59. The van der Waals surface area contributed by atoms with Gasteiger partial charge in [0.05, 0.1) is 17.4 Å². The maximum atomic E-state index is 12.6. The Kier molecular flexibility index (Phi) is 5.03. The smallest absolute Gasteiger partial charge is 0.276 e. The summed E-state index contributed by atoms with van der Waals surface area (Å²) in [6, 6.07) is 7.51. The lowest BCUT2D eigenvalue weighted by atomic mass is 9.98. The first kappa shape index (κ1) is 17.3. The highest BCUT2D eigenvalue weighted by molar-refractivity contribution is 6.11. The number of nitrogens with zero attached hydrogens (tertiary/aromatic N) is 3. The van der Waals surface area contributed by atoms with E-state index in [0.717, 1.165) is 27.6 Å². The number of aromatic amines is 1. The van der Waals surface area contributed by atoms with E-state index in [1.807, 2.05) is 38.1 Å². The number of aryl methyl sites for hydroxylation is 1. The second-order valence-corrected chi connectivity index (χ2v) is 5.85. The summed E-state index contributed by atoms with van der Waals surface area (Å²) in [7, 11) is 0. The number of amides is 1. The second-order valence-electron chi connectivity index (χ2n) is 5.85. The summed E-state index contributed by atoms with van der Waals surface area (Å²) >= 11 is 0. The number of hydrogen-bond donors (Lipinski definition) is 2. The van der Waals surface area contributed by atoms with Crippen molar-refractivity contribution in [2.75, 3.05) is 5.32 Å². The van der Waals surface area contributed by atoms with E-state index in [-0.39, 0.29) is 5.91 Å². The molecule has 1 amide bonds. The Labute approximate surface area is 151 Å². The second kappa shape index (κ2) is 7.57. The molecule has 0 aliphatic rings. The molecule has 0 bridgehead atoms. The standard InChI is InChI=1S/C20H19N5O/c1-13(6-4-8-21-3)16-11-17-18(10-14(16)2)24-25-19(17)20(26)23-15-7-5-9-22-12-15/h4-12H,3H2,1-2H3,(H,23,26)(H,24,25)/b8-4-,13-6+. The Balaban J connectivity index is 1.99. The Morgan fingerprint density at radius 3 is 2.96 bits per heavy atom. The number of pyridine rings is 1. The van der Waals surface area contributed by atoms with Gasteiger partial charge >= 0.3 is 0 Å². The van der Waals surface area contributed by atoms with E-state index in [2.05, 4.69) is 32.2 Å². The summed E-state index contributed by atoms with van der Waals surface area (Å²) in [5, 5.41) is 10.7. The number of carbonyl (C=O) groups excluding carboxylic acids is 1. The average Bonchev–Trinajstić information content (AvgIpc) is 3.04. The normalized spacial score (nSPS) is 11.8. The van der Waals surface area contributed by atoms with Gasteiger partial charge in [-0.3, -0.25) is 19.9 Å². The van der Waals surface area contributed by atoms with Gasteiger partial charge in [-0.1, -0.05) is 6.08 Å². The molecule has 130 valence electrons. The molecule has 26 heavy (non-hydrogen) atoms. The molecule has 2 aromatic heterocycles. The van der Waals surface area contributed by atoms with E-state index < -0.39 is 0 Å². The van der Waals surface area contributed by atoms with Crippen LogP contribution in [0.1, 0.15) is 28.5 Å². The van der Waals surface area contributed by atoms with Crippen LogP contribution in [0.3, 0.4) is 0 Å². The quantitative estimate of drug-likeness (QED) is 0.538. The van der Waals surface area contributed by atoms with E-state index in [1.54, 1.807) is 30.7 Å². The highest BCUT2D eigenvalue weighted by atomic mass is 16.1. The monoisotopic (exact) mass is 345 g/mol. The molecule has 0 aliphatic heterocycles. The number of anilines is 1. The predicted octanol–water partition coefficient (Wildman–Crippen LogP) is 4.14. The predicted molar refractivity (Wildman–Crippen MR) is 105 cm³/mol. The van der Waals surface area contributed by atoms with Crippen LogP contribution < -0.4 is 5.32 Å². The first-order valence-corrected chi connectivity index (χ1v) is 8.10. The van der Waals surface area contributed by atoms with Gasteiger partial charge in [-0.15, -0.1) is 0 Å². The van der Waals surface area contributed by atoms with Crippen molar-refractivity contribution in [3.63, 3.8) is 0 Å². The Morgan fingerprint density at radius 1 is 1.38 bits per heavy atom. The van der Waals surface area contributed by atoms with Crippen LogP contribution in [0.4, 0.5) is 5.69 Å². The van der Waals surface area contributed by atoms with Crippen molar-refractivity contribution < 1.29 is 4.79 Å². The number of aliphatic imine (C=N–C) groups is 1. The molecular formula is C20H19N5O.